The Morgan fingerprint density at radius 2 is 1.94 bits per heavy atom. The fourth-order valence-corrected chi connectivity index (χ4v) is 3.75. The van der Waals surface area contributed by atoms with Crippen LogP contribution in [0.4, 0.5) is 4.39 Å². The number of halogens is 1. The number of nitrogens with two attached hydrogens (primary N) is 1. The number of nitrogens with one attached hydrogen (secondary N) is 1. The van der Waals surface area contributed by atoms with E-state index in [4.69, 9.17) is 5.73 Å². The van der Waals surface area contributed by atoms with Crippen molar-refractivity contribution in [2.24, 2.45) is 5.73 Å². The van der Waals surface area contributed by atoms with Crippen LogP contribution in [-0.2, 0) is 11.3 Å². The van der Waals surface area contributed by atoms with Crippen molar-refractivity contribution in [1.29, 1.82) is 0 Å². The van der Waals surface area contributed by atoms with E-state index >= 15 is 0 Å². The Balaban J connectivity index is 2.28. The Bertz CT molecular complexity index is 1340. The molecule has 2 aromatic heterocycles. The molecule has 3 rings (SSSR count). The molecule has 1 atom stereocenters. The Morgan fingerprint density at radius 1 is 1.24 bits per heavy atom. The maximum Gasteiger partial charge on any atom is 0.329 e. The van der Waals surface area contributed by atoms with Gasteiger partial charge < -0.3 is 10.6 Å². The summed E-state index contributed by atoms with van der Waals surface area (Å²) < 4.78 is 15.1. The van der Waals surface area contributed by atoms with Crippen molar-refractivity contribution in [1.82, 2.24) is 19.4 Å². The lowest BCUT2D eigenvalue weighted by molar-refractivity contribution is -0.122. The molecule has 2 amide bonds. The number of hydrogen-bond donors (Lipinski definition) is 2. The molecule has 0 aliphatic heterocycles. The monoisotopic (exact) mass is 455 g/mol. The van der Waals surface area contributed by atoms with E-state index in [1.165, 1.54) is 35.9 Å². The van der Waals surface area contributed by atoms with Crippen LogP contribution >= 0.6 is 0 Å². The summed E-state index contributed by atoms with van der Waals surface area (Å²) in [4.78, 5) is 58.9. The van der Waals surface area contributed by atoms with Crippen LogP contribution in [0.2, 0.25) is 0 Å². The van der Waals surface area contributed by atoms with Crippen molar-refractivity contribution in [2.75, 3.05) is 7.05 Å². The number of H-pyrrole nitrogens is 1. The van der Waals surface area contributed by atoms with Crippen molar-refractivity contribution < 1.29 is 14.0 Å². The highest BCUT2D eigenvalue weighted by Gasteiger charge is 2.30. The summed E-state index contributed by atoms with van der Waals surface area (Å²) in [5, 5.41) is -0.0632. The van der Waals surface area contributed by atoms with Crippen molar-refractivity contribution in [3.05, 3.63) is 73.8 Å². The smallest absolute Gasteiger partial charge is 0.329 e. The number of pyridine rings is 1. The SMILES string of the molecule is CCCn1c(=O)[nH]c(=O)c2c(C(=O)N(C)C(C(N)=O)c3cccc(F)c3)cc(C(C)C)nc21. The predicted molar refractivity (Wildman–Crippen MR) is 121 cm³/mol. The number of primary amides is 1. The summed E-state index contributed by atoms with van der Waals surface area (Å²) in [5.74, 6) is -2.26. The van der Waals surface area contributed by atoms with Crippen LogP contribution in [0.1, 0.15) is 60.8 Å². The van der Waals surface area contributed by atoms with E-state index in [1.807, 2.05) is 20.8 Å². The number of carbonyl (C=O) groups is 2. The van der Waals surface area contributed by atoms with Gasteiger partial charge in [-0.1, -0.05) is 32.9 Å². The number of aromatic nitrogens is 3. The molecule has 10 heteroatoms. The van der Waals surface area contributed by atoms with Crippen LogP contribution < -0.4 is 17.0 Å². The molecule has 1 aromatic carbocycles. The highest BCUT2D eigenvalue weighted by molar-refractivity contribution is 6.06. The number of likely N-dealkylation sites (N-methyl/N-ethyl adjacent to an activating group) is 1. The van der Waals surface area contributed by atoms with E-state index in [1.54, 1.807) is 0 Å². The van der Waals surface area contributed by atoms with Gasteiger partial charge in [-0.25, -0.2) is 14.2 Å². The van der Waals surface area contributed by atoms with Gasteiger partial charge >= 0.3 is 5.69 Å². The van der Waals surface area contributed by atoms with E-state index in [9.17, 15) is 23.6 Å². The molecule has 3 aromatic rings. The van der Waals surface area contributed by atoms with E-state index in [0.29, 0.717) is 12.1 Å². The number of nitrogens with zero attached hydrogens (tertiary/aromatic N) is 3. The second-order valence-electron chi connectivity index (χ2n) is 8.13. The molecule has 0 radical (unpaired) electrons. The van der Waals surface area contributed by atoms with E-state index in [2.05, 4.69) is 9.97 Å². The number of aromatic amines is 1. The highest BCUT2D eigenvalue weighted by Crippen LogP contribution is 2.26. The quantitative estimate of drug-likeness (QED) is 0.563. The number of aryl methyl sites for hydroxylation is 1. The van der Waals surface area contributed by atoms with Crippen LogP contribution in [0.25, 0.3) is 11.0 Å². The molecule has 0 fully saturated rings. The fourth-order valence-electron chi connectivity index (χ4n) is 3.75. The third kappa shape index (κ3) is 4.55. The largest absolute Gasteiger partial charge is 0.368 e. The fraction of sp³-hybridized carbons (Fsp3) is 0.348. The Morgan fingerprint density at radius 3 is 2.52 bits per heavy atom. The molecule has 2 heterocycles. The maximum absolute atomic E-state index is 13.8. The van der Waals surface area contributed by atoms with Gasteiger partial charge in [0.25, 0.3) is 11.5 Å². The van der Waals surface area contributed by atoms with Crippen molar-refractivity contribution in [3.8, 4) is 0 Å². The van der Waals surface area contributed by atoms with Gasteiger partial charge in [-0.05, 0) is 36.1 Å². The zero-order valence-corrected chi connectivity index (χ0v) is 18.9. The maximum atomic E-state index is 13.8. The topological polar surface area (TPSA) is 131 Å². The minimum atomic E-state index is -1.28. The Hall–Kier alpha value is -3.82. The lowest BCUT2D eigenvalue weighted by atomic mass is 10.0. The summed E-state index contributed by atoms with van der Waals surface area (Å²) in [6.45, 7) is 5.88. The van der Waals surface area contributed by atoms with Crippen LogP contribution in [0.15, 0.2) is 39.9 Å². The van der Waals surface area contributed by atoms with E-state index in [0.717, 1.165) is 11.0 Å². The molecule has 33 heavy (non-hydrogen) atoms. The first-order valence-corrected chi connectivity index (χ1v) is 10.6. The molecule has 0 bridgehead atoms. The third-order valence-electron chi connectivity index (χ3n) is 5.38. The van der Waals surface area contributed by atoms with Gasteiger partial charge in [-0.15, -0.1) is 0 Å². The average Bonchev–Trinajstić information content (AvgIpc) is 2.75. The van der Waals surface area contributed by atoms with Crippen LogP contribution in [0, 0.1) is 5.82 Å². The lowest BCUT2D eigenvalue weighted by Gasteiger charge is -2.27. The Kier molecular flexibility index (Phi) is 6.75. The molecular weight excluding hydrogens is 429 g/mol. The van der Waals surface area contributed by atoms with Gasteiger partial charge in [-0.3, -0.25) is 23.9 Å². The predicted octanol–water partition coefficient (Wildman–Crippen LogP) is 2.06. The van der Waals surface area contributed by atoms with Crippen molar-refractivity contribution in [2.45, 2.75) is 45.7 Å². The average molecular weight is 455 g/mol. The molecule has 3 N–H and O–H groups in total. The number of amides is 2. The molecule has 1 unspecified atom stereocenters. The summed E-state index contributed by atoms with van der Waals surface area (Å²) in [7, 11) is 1.35. The summed E-state index contributed by atoms with van der Waals surface area (Å²) >= 11 is 0. The normalized spacial score (nSPS) is 12.2. The first-order chi connectivity index (χ1) is 15.6. The molecule has 0 saturated heterocycles. The molecule has 174 valence electrons. The lowest BCUT2D eigenvalue weighted by Crippen LogP contribution is -2.40. The van der Waals surface area contributed by atoms with Gasteiger partial charge in [0.05, 0.1) is 10.9 Å². The van der Waals surface area contributed by atoms with E-state index in [-0.39, 0.29) is 34.6 Å². The zero-order chi connectivity index (χ0) is 24.4. The number of carbonyl (C=O) groups excluding carboxylic acids is 2. The summed E-state index contributed by atoms with van der Waals surface area (Å²) in [6.07, 6.45) is 0.598. The molecule has 0 saturated carbocycles. The number of hydrogen-bond acceptors (Lipinski definition) is 5. The van der Waals surface area contributed by atoms with Gasteiger partial charge in [0.15, 0.2) is 5.65 Å². The number of benzene rings is 1. The minimum absolute atomic E-state index is 0.0278. The molecule has 9 nitrogen and oxygen atoms in total. The summed E-state index contributed by atoms with van der Waals surface area (Å²) in [6, 6.07) is 5.42. The third-order valence-corrected chi connectivity index (χ3v) is 5.38. The van der Waals surface area contributed by atoms with Gasteiger partial charge in [0.1, 0.15) is 11.9 Å². The first kappa shape index (κ1) is 23.8. The molecule has 0 aliphatic rings. The van der Waals surface area contributed by atoms with Crippen molar-refractivity contribution in [3.63, 3.8) is 0 Å². The second kappa shape index (κ2) is 9.35. The van der Waals surface area contributed by atoms with Gasteiger partial charge in [-0.2, -0.15) is 0 Å². The zero-order valence-electron chi connectivity index (χ0n) is 18.9. The van der Waals surface area contributed by atoms with Crippen molar-refractivity contribution >= 4 is 22.8 Å². The minimum Gasteiger partial charge on any atom is -0.368 e. The van der Waals surface area contributed by atoms with Crippen LogP contribution in [-0.4, -0.2) is 38.3 Å². The van der Waals surface area contributed by atoms with E-state index < -0.39 is 34.9 Å². The standard InChI is InChI=1S/C23H26FN5O4/c1-5-9-29-20-17(21(31)27-23(29)33)15(11-16(26-20)12(2)3)22(32)28(4)18(19(25)30)13-7-6-8-14(24)10-13/h6-8,10-12,18H,5,9H2,1-4H3,(H2,25,30)(H,27,31,33). The van der Waals surface area contributed by atoms with Gasteiger partial charge in [0, 0.05) is 19.3 Å². The van der Waals surface area contributed by atoms with Crippen LogP contribution in [0.5, 0.6) is 0 Å². The molecule has 0 spiro atoms. The first-order valence-electron chi connectivity index (χ1n) is 10.6. The Labute approximate surface area is 189 Å². The molecular formula is C23H26FN5O4. The summed E-state index contributed by atoms with van der Waals surface area (Å²) in [5.41, 5.74) is 4.93. The highest BCUT2D eigenvalue weighted by atomic mass is 19.1. The molecule has 0 aliphatic carbocycles. The number of rotatable bonds is 7. The van der Waals surface area contributed by atoms with Gasteiger partial charge in [0.2, 0.25) is 5.91 Å². The van der Waals surface area contributed by atoms with Crippen LogP contribution in [0.3, 0.4) is 0 Å². The second-order valence-corrected chi connectivity index (χ2v) is 8.13. The number of fused-ring (bicyclic) bond motifs is 1.